The zero-order chi connectivity index (χ0) is 34.4. The van der Waals surface area contributed by atoms with Crippen LogP contribution in [0.25, 0.3) is 33.3 Å². The van der Waals surface area contributed by atoms with Gasteiger partial charge in [0.05, 0.1) is 22.1 Å². The number of aromatic nitrogens is 2. The van der Waals surface area contributed by atoms with E-state index >= 15 is 0 Å². The molecule has 0 saturated carbocycles. The minimum atomic E-state index is -0.214. The lowest BCUT2D eigenvalue weighted by Gasteiger charge is -2.41. The second-order valence-electron chi connectivity index (χ2n) is 15.4. The third-order valence-corrected chi connectivity index (χ3v) is 11.8. The Morgan fingerprint density at radius 1 is 0.500 bits per heavy atom. The lowest BCUT2D eigenvalue weighted by atomic mass is 9.82. The Kier molecular flexibility index (Phi) is 6.51. The number of rotatable bonds is 5. The Labute approximate surface area is 295 Å². The Morgan fingerprint density at radius 3 is 1.82 bits per heavy atom. The highest BCUT2D eigenvalue weighted by Gasteiger charge is 2.53. The maximum absolute atomic E-state index is 5.17. The topological polar surface area (TPSA) is 24.3 Å². The van der Waals surface area contributed by atoms with Crippen LogP contribution in [0.3, 0.4) is 0 Å². The van der Waals surface area contributed by atoms with Gasteiger partial charge in [0.15, 0.2) is 0 Å². The van der Waals surface area contributed by atoms with Crippen LogP contribution in [0.4, 0.5) is 28.7 Å². The van der Waals surface area contributed by atoms with Crippen LogP contribution in [0.15, 0.2) is 146 Å². The monoisotopic (exact) mass is 650 g/mol. The fourth-order valence-corrected chi connectivity index (χ4v) is 8.41. The molecule has 6 aromatic carbocycles. The molecule has 246 valence electrons. The molecule has 50 heavy (non-hydrogen) atoms. The highest BCUT2D eigenvalue weighted by Crippen LogP contribution is 2.53. The molecule has 1 aliphatic heterocycles. The number of imidazole rings is 1. The van der Waals surface area contributed by atoms with E-state index in [2.05, 4.69) is 202 Å². The van der Waals surface area contributed by atoms with Crippen molar-refractivity contribution in [2.75, 3.05) is 9.80 Å². The second-order valence-corrected chi connectivity index (χ2v) is 15.4. The van der Waals surface area contributed by atoms with Gasteiger partial charge in [-0.1, -0.05) is 98.8 Å². The third kappa shape index (κ3) is 4.27. The van der Waals surface area contributed by atoms with Gasteiger partial charge < -0.3 is 14.4 Å². The molecule has 1 aromatic heterocycles. The van der Waals surface area contributed by atoms with Crippen LogP contribution >= 0.6 is 0 Å². The van der Waals surface area contributed by atoms with Crippen molar-refractivity contribution in [2.45, 2.75) is 58.0 Å². The highest BCUT2D eigenvalue weighted by molar-refractivity contribution is 5.87. The van der Waals surface area contributed by atoms with E-state index in [0.717, 1.165) is 34.2 Å². The molecule has 0 bridgehead atoms. The minimum Gasteiger partial charge on any atom is -0.310 e. The van der Waals surface area contributed by atoms with Crippen molar-refractivity contribution in [3.8, 4) is 22.3 Å². The summed E-state index contributed by atoms with van der Waals surface area (Å²) >= 11 is 0. The number of para-hydroxylation sites is 2. The van der Waals surface area contributed by atoms with Gasteiger partial charge in [0.1, 0.15) is 0 Å². The summed E-state index contributed by atoms with van der Waals surface area (Å²) in [6, 6.07) is 53.0. The number of fused-ring (bicyclic) bond motifs is 6. The summed E-state index contributed by atoms with van der Waals surface area (Å²) < 4.78 is 2.42. The normalized spacial score (nSPS) is 16.2. The molecule has 0 amide bonds. The van der Waals surface area contributed by atoms with Crippen molar-refractivity contribution in [2.24, 2.45) is 0 Å². The number of hydrogen-bond acceptors (Lipinski definition) is 3. The molecule has 0 radical (unpaired) electrons. The van der Waals surface area contributed by atoms with Crippen LogP contribution in [0, 0.1) is 0 Å². The molecule has 0 unspecified atom stereocenters. The molecule has 9 rings (SSSR count). The Morgan fingerprint density at radius 2 is 1.08 bits per heavy atom. The molecule has 0 N–H and O–H groups in total. The van der Waals surface area contributed by atoms with E-state index in [1.165, 1.54) is 38.9 Å². The van der Waals surface area contributed by atoms with E-state index in [9.17, 15) is 0 Å². The zero-order valence-corrected chi connectivity index (χ0v) is 29.6. The van der Waals surface area contributed by atoms with Gasteiger partial charge in [-0.15, -0.1) is 0 Å². The van der Waals surface area contributed by atoms with Crippen LogP contribution in [0.5, 0.6) is 0 Å². The predicted octanol–water partition coefficient (Wildman–Crippen LogP) is 12.1. The van der Waals surface area contributed by atoms with Crippen molar-refractivity contribution < 1.29 is 0 Å². The smallest absolute Gasteiger partial charge is 0.212 e. The van der Waals surface area contributed by atoms with Crippen LogP contribution in [0.2, 0.25) is 0 Å². The van der Waals surface area contributed by atoms with Crippen LogP contribution < -0.4 is 9.80 Å². The quantitative estimate of drug-likeness (QED) is 0.185. The molecule has 2 aliphatic rings. The van der Waals surface area contributed by atoms with Gasteiger partial charge in [0, 0.05) is 28.2 Å². The van der Waals surface area contributed by atoms with Gasteiger partial charge in [0.2, 0.25) is 5.95 Å². The summed E-state index contributed by atoms with van der Waals surface area (Å²) in [7, 11) is 0. The third-order valence-electron chi connectivity index (χ3n) is 11.8. The summed E-state index contributed by atoms with van der Waals surface area (Å²) in [5.74, 6) is 0.989. The van der Waals surface area contributed by atoms with E-state index in [1.54, 1.807) is 0 Å². The molecule has 2 heterocycles. The van der Waals surface area contributed by atoms with E-state index in [4.69, 9.17) is 4.98 Å². The van der Waals surface area contributed by atoms with Gasteiger partial charge in [-0.2, -0.15) is 0 Å². The maximum atomic E-state index is 5.17. The summed E-state index contributed by atoms with van der Waals surface area (Å²) in [4.78, 5) is 9.99. The van der Waals surface area contributed by atoms with Gasteiger partial charge >= 0.3 is 0 Å². The molecule has 7 aromatic rings. The molecule has 1 aliphatic carbocycles. The summed E-state index contributed by atoms with van der Waals surface area (Å²) in [6.45, 7) is 14.0. The number of nitrogens with zero attached hydrogens (tertiary/aromatic N) is 4. The van der Waals surface area contributed by atoms with Crippen molar-refractivity contribution in [1.82, 2.24) is 9.55 Å². The average Bonchev–Trinajstić information content (AvgIpc) is 3.67. The van der Waals surface area contributed by atoms with Crippen LogP contribution in [-0.4, -0.2) is 15.1 Å². The molecular weight excluding hydrogens is 609 g/mol. The summed E-state index contributed by atoms with van der Waals surface area (Å²) in [5.41, 5.74) is 14.1. The number of hydrogen-bond donors (Lipinski definition) is 0. The van der Waals surface area contributed by atoms with Crippen molar-refractivity contribution in [3.05, 3.63) is 157 Å². The van der Waals surface area contributed by atoms with Crippen molar-refractivity contribution in [3.63, 3.8) is 0 Å². The molecule has 0 saturated heterocycles. The molecule has 0 fully saturated rings. The van der Waals surface area contributed by atoms with E-state index in [-0.39, 0.29) is 16.5 Å². The Hall–Kier alpha value is -5.61. The van der Waals surface area contributed by atoms with Gasteiger partial charge in [0.25, 0.3) is 0 Å². The molecule has 4 heteroatoms. The fourth-order valence-electron chi connectivity index (χ4n) is 8.41. The maximum Gasteiger partial charge on any atom is 0.212 e. The standard InChI is InChI=1S/C46H42N4/c1-44(2)39-17-11-10-16-37(39)38-29-28-36(30-40(38)44)48(33-22-20-32(21-23-33)31-14-8-7-9-15-31)34-24-26-35(27-25-34)49-43-47-41-18-12-13-19-42(41)50(43)46(5,6)45(49,3)4/h7-30H,1-6H3. The van der Waals surface area contributed by atoms with E-state index < -0.39 is 0 Å². The van der Waals surface area contributed by atoms with E-state index in [0.29, 0.717) is 0 Å². The summed E-state index contributed by atoms with van der Waals surface area (Å²) in [5, 5.41) is 0. The lowest BCUT2D eigenvalue weighted by molar-refractivity contribution is 0.253. The average molecular weight is 651 g/mol. The predicted molar refractivity (Wildman–Crippen MR) is 209 cm³/mol. The molecule has 4 nitrogen and oxygen atoms in total. The lowest BCUT2D eigenvalue weighted by Crippen LogP contribution is -2.50. The van der Waals surface area contributed by atoms with Crippen molar-refractivity contribution >= 4 is 39.7 Å². The SMILES string of the molecule is CC1(C)c2ccccc2-c2ccc(N(c3ccc(-c4ccccc4)cc3)c3ccc(N4c5nc6ccccc6n5C(C)(C)C4(C)C)cc3)cc21. The zero-order valence-electron chi connectivity index (χ0n) is 29.6. The molecule has 0 atom stereocenters. The van der Waals surface area contributed by atoms with Crippen LogP contribution in [0.1, 0.15) is 52.7 Å². The first kappa shape index (κ1) is 30.4. The fraction of sp³-hybridized carbons (Fsp3) is 0.196. The second kappa shape index (κ2) is 10.7. The Balaban J connectivity index is 1.16. The van der Waals surface area contributed by atoms with Crippen LogP contribution in [-0.2, 0) is 11.0 Å². The van der Waals surface area contributed by atoms with Gasteiger partial charge in [-0.05, 0) is 122 Å². The highest BCUT2D eigenvalue weighted by atomic mass is 15.4. The summed E-state index contributed by atoms with van der Waals surface area (Å²) in [6.07, 6.45) is 0. The van der Waals surface area contributed by atoms with Gasteiger partial charge in [-0.25, -0.2) is 4.98 Å². The first-order chi connectivity index (χ1) is 24.1. The van der Waals surface area contributed by atoms with E-state index in [1.807, 2.05) is 0 Å². The molecule has 0 spiro atoms. The Bertz CT molecular complexity index is 2400. The minimum absolute atomic E-state index is 0.0891. The largest absolute Gasteiger partial charge is 0.310 e. The van der Waals surface area contributed by atoms with Gasteiger partial charge in [-0.3, -0.25) is 0 Å². The number of anilines is 5. The first-order valence-electron chi connectivity index (χ1n) is 17.7. The van der Waals surface area contributed by atoms with Crippen molar-refractivity contribution in [1.29, 1.82) is 0 Å². The first-order valence-corrected chi connectivity index (χ1v) is 17.7. The number of benzene rings is 6. The molecular formula is C46H42N4.